The van der Waals surface area contributed by atoms with Gasteiger partial charge in [0.1, 0.15) is 6.04 Å². The Morgan fingerprint density at radius 1 is 1.30 bits per heavy atom. The van der Waals surface area contributed by atoms with Crippen LogP contribution in [-0.4, -0.2) is 74.1 Å². The van der Waals surface area contributed by atoms with Gasteiger partial charge in [0, 0.05) is 26.2 Å². The molecule has 20 heavy (non-hydrogen) atoms. The molecule has 0 saturated carbocycles. The van der Waals surface area contributed by atoms with E-state index in [9.17, 15) is 9.59 Å². The Balaban J connectivity index is 2.53. The number of hydrogen-bond donors (Lipinski definition) is 1. The Morgan fingerprint density at radius 3 is 2.50 bits per heavy atom. The van der Waals surface area contributed by atoms with Crippen molar-refractivity contribution in [1.82, 2.24) is 15.1 Å². The van der Waals surface area contributed by atoms with Gasteiger partial charge in [-0.2, -0.15) is 0 Å². The fourth-order valence-corrected chi connectivity index (χ4v) is 2.37. The fourth-order valence-electron chi connectivity index (χ4n) is 2.37. The molecule has 0 spiro atoms. The van der Waals surface area contributed by atoms with E-state index in [2.05, 4.69) is 5.32 Å². The molecule has 1 amide bonds. The Kier molecular flexibility index (Phi) is 7.54. The molecule has 1 N–H and O–H groups in total. The van der Waals surface area contributed by atoms with Gasteiger partial charge in [-0.25, -0.2) is 0 Å². The molecule has 0 aromatic heterocycles. The fraction of sp³-hybridized carbons (Fsp3) is 0.857. The van der Waals surface area contributed by atoms with E-state index in [0.717, 1.165) is 32.6 Å². The Morgan fingerprint density at radius 2 is 1.95 bits per heavy atom. The molecule has 0 bridgehead atoms. The van der Waals surface area contributed by atoms with Gasteiger partial charge in [-0.05, 0) is 20.4 Å². The Bertz CT molecular complexity index is 317. The number of ether oxygens (including phenoxy) is 1. The number of rotatable bonds is 7. The largest absolute Gasteiger partial charge is 0.465 e. The van der Waals surface area contributed by atoms with Crippen LogP contribution in [-0.2, 0) is 14.3 Å². The first-order valence-electron chi connectivity index (χ1n) is 7.45. The minimum atomic E-state index is -0.327. The minimum absolute atomic E-state index is 0.0828. The van der Waals surface area contributed by atoms with Gasteiger partial charge in [0.2, 0.25) is 5.91 Å². The van der Waals surface area contributed by atoms with Crippen molar-refractivity contribution in [3.05, 3.63) is 0 Å². The first-order chi connectivity index (χ1) is 9.60. The van der Waals surface area contributed by atoms with Crippen molar-refractivity contribution in [1.29, 1.82) is 0 Å². The Hall–Kier alpha value is -1.14. The quantitative estimate of drug-likeness (QED) is 0.671. The van der Waals surface area contributed by atoms with Gasteiger partial charge in [-0.1, -0.05) is 13.3 Å². The summed E-state index contributed by atoms with van der Waals surface area (Å²) in [5, 5.41) is 3.22. The number of esters is 1. The second-order valence-corrected chi connectivity index (χ2v) is 5.10. The summed E-state index contributed by atoms with van der Waals surface area (Å²) in [6, 6.07) is -0.327. The van der Waals surface area contributed by atoms with Crippen molar-refractivity contribution < 1.29 is 14.3 Å². The summed E-state index contributed by atoms with van der Waals surface area (Å²) in [6.45, 7) is 7.62. The number of carbonyl (C=O) groups is 2. The van der Waals surface area contributed by atoms with Crippen LogP contribution in [0.3, 0.4) is 0 Å². The molecule has 1 aliphatic heterocycles. The second kappa shape index (κ2) is 8.92. The highest BCUT2D eigenvalue weighted by Gasteiger charge is 2.27. The van der Waals surface area contributed by atoms with E-state index in [1.54, 1.807) is 6.92 Å². The van der Waals surface area contributed by atoms with Gasteiger partial charge in [-0.15, -0.1) is 0 Å². The van der Waals surface area contributed by atoms with Crippen molar-refractivity contribution in [2.24, 2.45) is 0 Å². The summed E-state index contributed by atoms with van der Waals surface area (Å²) in [5.74, 6) is -0.149. The zero-order valence-corrected chi connectivity index (χ0v) is 12.9. The van der Waals surface area contributed by atoms with E-state index < -0.39 is 0 Å². The summed E-state index contributed by atoms with van der Waals surface area (Å²) in [5.41, 5.74) is 0. The van der Waals surface area contributed by atoms with Gasteiger partial charge in [0.05, 0.1) is 13.2 Å². The van der Waals surface area contributed by atoms with Crippen molar-refractivity contribution in [3.8, 4) is 0 Å². The van der Waals surface area contributed by atoms with Crippen LogP contribution in [0.2, 0.25) is 0 Å². The summed E-state index contributed by atoms with van der Waals surface area (Å²) >= 11 is 0. The molecule has 1 atom stereocenters. The molecule has 1 unspecified atom stereocenters. The second-order valence-electron chi connectivity index (χ2n) is 5.10. The molecule has 1 fully saturated rings. The standard InChI is InChI=1S/C14H27N3O3/c1-4-6-12(14(19)20-5-2)16(3)11-13(18)17-9-7-15-8-10-17/h12,15H,4-11H2,1-3H3. The monoisotopic (exact) mass is 285 g/mol. The van der Waals surface area contributed by atoms with Gasteiger partial charge < -0.3 is 15.0 Å². The third kappa shape index (κ3) is 5.09. The van der Waals surface area contributed by atoms with E-state index in [1.165, 1.54) is 0 Å². The molecule has 0 aromatic carbocycles. The predicted molar refractivity (Wildman–Crippen MR) is 77.4 cm³/mol. The Labute approximate surface area is 121 Å². The van der Waals surface area contributed by atoms with E-state index in [0.29, 0.717) is 13.0 Å². The van der Waals surface area contributed by atoms with E-state index in [1.807, 2.05) is 23.8 Å². The maximum atomic E-state index is 12.2. The zero-order valence-electron chi connectivity index (χ0n) is 12.9. The van der Waals surface area contributed by atoms with Crippen LogP contribution in [0.4, 0.5) is 0 Å². The number of nitrogens with zero attached hydrogens (tertiary/aromatic N) is 2. The predicted octanol–water partition coefficient (Wildman–Crippen LogP) is 0.0818. The number of likely N-dealkylation sites (N-methyl/N-ethyl adjacent to an activating group) is 1. The summed E-state index contributed by atoms with van der Waals surface area (Å²) in [4.78, 5) is 27.8. The normalized spacial score (nSPS) is 17.1. The van der Waals surface area contributed by atoms with Crippen molar-refractivity contribution >= 4 is 11.9 Å². The van der Waals surface area contributed by atoms with Crippen molar-refractivity contribution in [2.75, 3.05) is 46.4 Å². The lowest BCUT2D eigenvalue weighted by molar-refractivity contribution is -0.150. The molecular weight excluding hydrogens is 258 g/mol. The first kappa shape index (κ1) is 16.9. The van der Waals surface area contributed by atoms with Gasteiger partial charge in [0.15, 0.2) is 0 Å². The highest BCUT2D eigenvalue weighted by Crippen LogP contribution is 2.08. The number of hydrogen-bond acceptors (Lipinski definition) is 5. The molecule has 1 rings (SSSR count). The average molecular weight is 285 g/mol. The summed E-state index contributed by atoms with van der Waals surface area (Å²) < 4.78 is 5.09. The smallest absolute Gasteiger partial charge is 0.323 e. The topological polar surface area (TPSA) is 61.9 Å². The molecule has 116 valence electrons. The van der Waals surface area contributed by atoms with Crippen molar-refractivity contribution in [3.63, 3.8) is 0 Å². The molecule has 6 nitrogen and oxygen atoms in total. The SMILES string of the molecule is CCCC(C(=O)OCC)N(C)CC(=O)N1CCNCC1. The van der Waals surface area contributed by atoms with Crippen LogP contribution < -0.4 is 5.32 Å². The van der Waals surface area contributed by atoms with Crippen LogP contribution >= 0.6 is 0 Å². The third-order valence-corrected chi connectivity index (χ3v) is 3.51. The highest BCUT2D eigenvalue weighted by atomic mass is 16.5. The third-order valence-electron chi connectivity index (χ3n) is 3.51. The lowest BCUT2D eigenvalue weighted by Gasteiger charge is -2.31. The van der Waals surface area contributed by atoms with E-state index in [4.69, 9.17) is 4.74 Å². The maximum Gasteiger partial charge on any atom is 0.323 e. The molecule has 0 aliphatic carbocycles. The molecule has 1 saturated heterocycles. The maximum absolute atomic E-state index is 12.2. The number of piperazine rings is 1. The molecule has 6 heteroatoms. The molecule has 1 heterocycles. The van der Waals surface area contributed by atoms with Crippen LogP contribution in [0.5, 0.6) is 0 Å². The minimum Gasteiger partial charge on any atom is -0.465 e. The van der Waals surface area contributed by atoms with Crippen LogP contribution in [0.15, 0.2) is 0 Å². The van der Waals surface area contributed by atoms with Gasteiger partial charge in [-0.3, -0.25) is 14.5 Å². The number of amides is 1. The lowest BCUT2D eigenvalue weighted by Crippen LogP contribution is -2.51. The van der Waals surface area contributed by atoms with Crippen molar-refractivity contribution in [2.45, 2.75) is 32.7 Å². The van der Waals surface area contributed by atoms with Crippen LogP contribution in [0.1, 0.15) is 26.7 Å². The highest BCUT2D eigenvalue weighted by molar-refractivity contribution is 5.80. The molecule has 1 aliphatic rings. The van der Waals surface area contributed by atoms with E-state index in [-0.39, 0.29) is 24.5 Å². The first-order valence-corrected chi connectivity index (χ1v) is 7.45. The van der Waals surface area contributed by atoms with Crippen LogP contribution in [0, 0.1) is 0 Å². The zero-order chi connectivity index (χ0) is 15.0. The average Bonchev–Trinajstić information content (AvgIpc) is 2.45. The van der Waals surface area contributed by atoms with E-state index >= 15 is 0 Å². The summed E-state index contributed by atoms with van der Waals surface area (Å²) in [7, 11) is 1.82. The molecular formula is C14H27N3O3. The molecule has 0 aromatic rings. The summed E-state index contributed by atoms with van der Waals surface area (Å²) in [6.07, 6.45) is 1.60. The number of carbonyl (C=O) groups excluding carboxylic acids is 2. The number of nitrogens with one attached hydrogen (secondary N) is 1. The lowest BCUT2D eigenvalue weighted by atomic mass is 10.1. The molecule has 0 radical (unpaired) electrons. The van der Waals surface area contributed by atoms with Gasteiger partial charge >= 0.3 is 5.97 Å². The van der Waals surface area contributed by atoms with Gasteiger partial charge in [0.25, 0.3) is 0 Å². The van der Waals surface area contributed by atoms with Crippen LogP contribution in [0.25, 0.3) is 0 Å².